The first kappa shape index (κ1) is 17.5. The first-order valence-electron chi connectivity index (χ1n) is 8.90. The van der Waals surface area contributed by atoms with Crippen LogP contribution in [0.25, 0.3) is 5.69 Å². The third-order valence-electron chi connectivity index (χ3n) is 4.65. The number of amides is 1. The fraction of sp³-hybridized carbons (Fsp3) is 0.263. The zero-order chi connectivity index (χ0) is 18.6. The Morgan fingerprint density at radius 3 is 2.52 bits per heavy atom. The van der Waals surface area contributed by atoms with E-state index < -0.39 is 0 Å². The number of tetrazole rings is 1. The van der Waals surface area contributed by atoms with Crippen molar-refractivity contribution in [1.82, 2.24) is 20.2 Å². The van der Waals surface area contributed by atoms with Gasteiger partial charge in [-0.1, -0.05) is 11.6 Å². The van der Waals surface area contributed by atoms with E-state index in [1.807, 2.05) is 24.3 Å². The maximum Gasteiger partial charge on any atom is 0.257 e. The number of rotatable bonds is 4. The maximum absolute atomic E-state index is 12.8. The Hall–Kier alpha value is -2.93. The molecule has 0 spiro atoms. The summed E-state index contributed by atoms with van der Waals surface area (Å²) in [5.41, 5.74) is 2.87. The van der Waals surface area contributed by atoms with Crippen LogP contribution in [0.3, 0.4) is 0 Å². The number of hydrogen-bond acceptors (Lipinski definition) is 5. The van der Waals surface area contributed by atoms with Crippen LogP contribution in [0.5, 0.6) is 0 Å². The van der Waals surface area contributed by atoms with Crippen molar-refractivity contribution in [2.75, 3.05) is 23.3 Å². The Balaban J connectivity index is 1.53. The van der Waals surface area contributed by atoms with Gasteiger partial charge in [-0.25, -0.2) is 0 Å². The molecule has 1 aromatic heterocycles. The minimum absolute atomic E-state index is 0.270. The third kappa shape index (κ3) is 3.93. The van der Waals surface area contributed by atoms with Gasteiger partial charge in [-0.05, 0) is 72.2 Å². The SMILES string of the molecule is O=C(Nc1ccc(N2CCCCC2)cc1)c1cc(Cl)ccc1-n1cnnn1. The minimum atomic E-state index is -0.270. The van der Waals surface area contributed by atoms with Crippen molar-refractivity contribution < 1.29 is 4.79 Å². The molecular formula is C19H19ClN6O. The van der Waals surface area contributed by atoms with Crippen LogP contribution in [0.15, 0.2) is 48.8 Å². The van der Waals surface area contributed by atoms with Crippen molar-refractivity contribution in [3.8, 4) is 5.69 Å². The number of halogens is 1. The first-order valence-corrected chi connectivity index (χ1v) is 9.28. The fourth-order valence-corrected chi connectivity index (χ4v) is 3.44. The number of nitrogens with one attached hydrogen (secondary N) is 1. The highest BCUT2D eigenvalue weighted by molar-refractivity contribution is 6.31. The van der Waals surface area contributed by atoms with Crippen LogP contribution in [0.2, 0.25) is 5.02 Å². The highest BCUT2D eigenvalue weighted by Gasteiger charge is 2.16. The van der Waals surface area contributed by atoms with Crippen molar-refractivity contribution in [2.24, 2.45) is 0 Å². The minimum Gasteiger partial charge on any atom is -0.372 e. The van der Waals surface area contributed by atoms with E-state index in [2.05, 4.69) is 25.7 Å². The van der Waals surface area contributed by atoms with E-state index in [9.17, 15) is 4.79 Å². The number of nitrogens with zero attached hydrogens (tertiary/aromatic N) is 5. The monoisotopic (exact) mass is 382 g/mol. The van der Waals surface area contributed by atoms with Crippen LogP contribution < -0.4 is 10.2 Å². The number of anilines is 2. The summed E-state index contributed by atoms with van der Waals surface area (Å²) in [6.07, 6.45) is 5.20. The zero-order valence-electron chi connectivity index (χ0n) is 14.7. The second kappa shape index (κ2) is 7.75. The quantitative estimate of drug-likeness (QED) is 0.746. The molecule has 1 amide bonds. The van der Waals surface area contributed by atoms with E-state index in [-0.39, 0.29) is 5.91 Å². The first-order chi connectivity index (χ1) is 13.2. The molecule has 0 atom stereocenters. The standard InChI is InChI=1S/C19H19ClN6O/c20-14-4-9-18(26-13-21-23-24-26)17(12-14)19(27)22-15-5-7-16(8-6-15)25-10-2-1-3-11-25/h4-9,12-13H,1-3,10-11H2,(H,22,27). The van der Waals surface area contributed by atoms with Gasteiger partial charge in [-0.3, -0.25) is 4.79 Å². The Morgan fingerprint density at radius 2 is 1.81 bits per heavy atom. The molecular weight excluding hydrogens is 364 g/mol. The van der Waals surface area contributed by atoms with Crippen LogP contribution in [0.1, 0.15) is 29.6 Å². The molecule has 138 valence electrons. The Kier molecular flexibility index (Phi) is 5.02. The Morgan fingerprint density at radius 1 is 1.04 bits per heavy atom. The van der Waals surface area contributed by atoms with Gasteiger partial charge in [0.15, 0.2) is 0 Å². The number of benzene rings is 2. The van der Waals surface area contributed by atoms with E-state index in [4.69, 9.17) is 11.6 Å². The summed E-state index contributed by atoms with van der Waals surface area (Å²) in [6, 6.07) is 12.9. The van der Waals surface area contributed by atoms with Crippen LogP contribution >= 0.6 is 11.6 Å². The lowest BCUT2D eigenvalue weighted by Gasteiger charge is -2.28. The van der Waals surface area contributed by atoms with Gasteiger partial charge in [0.1, 0.15) is 6.33 Å². The highest BCUT2D eigenvalue weighted by atomic mass is 35.5. The molecule has 1 aliphatic heterocycles. The van der Waals surface area contributed by atoms with Gasteiger partial charge in [0.25, 0.3) is 5.91 Å². The van der Waals surface area contributed by atoms with Gasteiger partial charge in [-0.15, -0.1) is 5.10 Å². The smallest absolute Gasteiger partial charge is 0.257 e. The summed E-state index contributed by atoms with van der Waals surface area (Å²) in [6.45, 7) is 2.17. The summed E-state index contributed by atoms with van der Waals surface area (Å²) >= 11 is 6.09. The summed E-state index contributed by atoms with van der Waals surface area (Å²) in [7, 11) is 0. The lowest BCUT2D eigenvalue weighted by Crippen LogP contribution is -2.29. The largest absolute Gasteiger partial charge is 0.372 e. The number of aromatic nitrogens is 4. The van der Waals surface area contributed by atoms with E-state index in [1.165, 1.54) is 36.0 Å². The van der Waals surface area contributed by atoms with Gasteiger partial charge in [0.2, 0.25) is 0 Å². The molecule has 8 heteroatoms. The van der Waals surface area contributed by atoms with Gasteiger partial charge >= 0.3 is 0 Å². The molecule has 1 fully saturated rings. The number of carbonyl (C=O) groups excluding carboxylic acids is 1. The summed E-state index contributed by atoms with van der Waals surface area (Å²) in [5.74, 6) is -0.270. The summed E-state index contributed by atoms with van der Waals surface area (Å²) in [5, 5.41) is 14.5. The lowest BCUT2D eigenvalue weighted by atomic mass is 10.1. The van der Waals surface area contributed by atoms with Crippen molar-refractivity contribution >= 4 is 28.9 Å². The number of carbonyl (C=O) groups is 1. The van der Waals surface area contributed by atoms with Crippen LogP contribution in [0, 0.1) is 0 Å². The summed E-state index contributed by atoms with van der Waals surface area (Å²) < 4.78 is 1.44. The molecule has 27 heavy (non-hydrogen) atoms. The van der Waals surface area contributed by atoms with Gasteiger partial charge in [0.05, 0.1) is 11.3 Å². The van der Waals surface area contributed by atoms with Gasteiger partial charge in [-0.2, -0.15) is 4.68 Å². The molecule has 1 saturated heterocycles. The molecule has 1 aliphatic rings. The van der Waals surface area contributed by atoms with Crippen molar-refractivity contribution in [3.05, 3.63) is 59.4 Å². The van der Waals surface area contributed by atoms with E-state index in [1.54, 1.807) is 18.2 Å². The molecule has 4 rings (SSSR count). The molecule has 0 bridgehead atoms. The average molecular weight is 383 g/mol. The van der Waals surface area contributed by atoms with Gasteiger partial charge in [0, 0.05) is 29.5 Å². The van der Waals surface area contributed by atoms with E-state index in [0.29, 0.717) is 16.3 Å². The van der Waals surface area contributed by atoms with E-state index >= 15 is 0 Å². The molecule has 7 nitrogen and oxygen atoms in total. The zero-order valence-corrected chi connectivity index (χ0v) is 15.4. The van der Waals surface area contributed by atoms with Crippen molar-refractivity contribution in [3.63, 3.8) is 0 Å². The molecule has 0 aliphatic carbocycles. The lowest BCUT2D eigenvalue weighted by molar-refractivity contribution is 0.102. The molecule has 0 radical (unpaired) electrons. The predicted molar refractivity (Wildman–Crippen MR) is 105 cm³/mol. The van der Waals surface area contributed by atoms with Gasteiger partial charge < -0.3 is 10.2 Å². The number of hydrogen-bond donors (Lipinski definition) is 1. The highest BCUT2D eigenvalue weighted by Crippen LogP contribution is 2.24. The predicted octanol–water partition coefficient (Wildman–Crippen LogP) is 3.56. The molecule has 3 aromatic rings. The average Bonchev–Trinajstić information content (AvgIpc) is 3.24. The maximum atomic E-state index is 12.8. The third-order valence-corrected chi connectivity index (χ3v) is 4.88. The molecule has 1 N–H and O–H groups in total. The normalized spacial score (nSPS) is 14.2. The molecule has 2 aromatic carbocycles. The topological polar surface area (TPSA) is 75.9 Å². The van der Waals surface area contributed by atoms with Crippen molar-refractivity contribution in [1.29, 1.82) is 0 Å². The fourth-order valence-electron chi connectivity index (χ4n) is 3.27. The molecule has 0 saturated carbocycles. The van der Waals surface area contributed by atoms with Crippen LogP contribution in [-0.2, 0) is 0 Å². The van der Waals surface area contributed by atoms with Crippen LogP contribution in [0.4, 0.5) is 11.4 Å². The van der Waals surface area contributed by atoms with Crippen LogP contribution in [-0.4, -0.2) is 39.2 Å². The molecule has 2 heterocycles. The summed E-state index contributed by atoms with van der Waals surface area (Å²) in [4.78, 5) is 15.2. The Labute approximate surface area is 161 Å². The van der Waals surface area contributed by atoms with Crippen molar-refractivity contribution in [2.45, 2.75) is 19.3 Å². The van der Waals surface area contributed by atoms with E-state index in [0.717, 1.165) is 18.8 Å². The second-order valence-corrected chi connectivity index (χ2v) is 6.90. The molecule has 0 unspecified atom stereocenters. The Bertz CT molecular complexity index is 920. The second-order valence-electron chi connectivity index (χ2n) is 6.46. The number of piperidine rings is 1.